The molecule has 1 heterocycles. The molecule has 2 aromatic rings. The number of nitrogens with one attached hydrogen (secondary N) is 1. The fourth-order valence-electron chi connectivity index (χ4n) is 3.53. The SMILES string of the molecule is CNC1c2c(Cl)cccc2C(=O)N1c1ccc(C(F)(C(F)(F)F)C(F)(F)F)cc1C. The second-order valence-electron chi connectivity index (χ2n) is 6.72. The lowest BCUT2D eigenvalue weighted by atomic mass is 9.92. The molecule has 1 aliphatic rings. The second-order valence-corrected chi connectivity index (χ2v) is 7.13. The molecule has 30 heavy (non-hydrogen) atoms. The number of nitrogens with zero attached hydrogens (tertiary/aromatic N) is 1. The van der Waals surface area contributed by atoms with E-state index in [-0.39, 0.29) is 21.8 Å². The van der Waals surface area contributed by atoms with E-state index in [1.54, 1.807) is 6.07 Å². The van der Waals surface area contributed by atoms with E-state index in [1.165, 1.54) is 26.1 Å². The van der Waals surface area contributed by atoms with Crippen molar-refractivity contribution in [1.82, 2.24) is 5.32 Å². The molecule has 0 saturated carbocycles. The van der Waals surface area contributed by atoms with Gasteiger partial charge in [0.15, 0.2) is 0 Å². The van der Waals surface area contributed by atoms with Crippen LogP contribution >= 0.6 is 11.6 Å². The molecular weight excluding hydrogens is 441 g/mol. The zero-order valence-corrected chi connectivity index (χ0v) is 16.2. The number of anilines is 1. The first kappa shape index (κ1) is 22.4. The lowest BCUT2D eigenvalue weighted by Crippen LogP contribution is -2.50. The van der Waals surface area contributed by atoms with Gasteiger partial charge in [-0.3, -0.25) is 15.0 Å². The third-order valence-electron chi connectivity index (χ3n) is 4.94. The van der Waals surface area contributed by atoms with E-state index >= 15 is 0 Å². The summed E-state index contributed by atoms with van der Waals surface area (Å²) in [6.45, 7) is 1.19. The zero-order valence-electron chi connectivity index (χ0n) is 15.4. The monoisotopic (exact) mass is 454 g/mol. The van der Waals surface area contributed by atoms with Gasteiger partial charge in [0, 0.05) is 27.4 Å². The van der Waals surface area contributed by atoms with Gasteiger partial charge in [-0.25, -0.2) is 4.39 Å². The van der Waals surface area contributed by atoms with Crippen molar-refractivity contribution in [3.05, 3.63) is 63.7 Å². The van der Waals surface area contributed by atoms with E-state index in [2.05, 4.69) is 5.32 Å². The number of amides is 1. The number of halogens is 8. The lowest BCUT2D eigenvalue weighted by molar-refractivity contribution is -0.348. The van der Waals surface area contributed by atoms with E-state index in [9.17, 15) is 35.5 Å². The number of fused-ring (bicyclic) bond motifs is 1. The van der Waals surface area contributed by atoms with E-state index in [1.807, 2.05) is 0 Å². The number of aryl methyl sites for hydroxylation is 1. The van der Waals surface area contributed by atoms with Crippen LogP contribution in [0.1, 0.15) is 33.2 Å². The lowest BCUT2D eigenvalue weighted by Gasteiger charge is -2.32. The average Bonchev–Trinajstić information content (AvgIpc) is 2.92. The molecule has 0 bridgehead atoms. The highest BCUT2D eigenvalue weighted by Crippen LogP contribution is 2.54. The van der Waals surface area contributed by atoms with Crippen LogP contribution in [0.3, 0.4) is 0 Å². The molecule has 0 radical (unpaired) electrons. The Labute approximate surface area is 171 Å². The van der Waals surface area contributed by atoms with Crippen LogP contribution in [0.4, 0.5) is 36.4 Å². The zero-order chi connectivity index (χ0) is 22.6. The van der Waals surface area contributed by atoms with Crippen LogP contribution < -0.4 is 10.2 Å². The van der Waals surface area contributed by atoms with Gasteiger partial charge in [0.2, 0.25) is 0 Å². The summed E-state index contributed by atoms with van der Waals surface area (Å²) in [5.41, 5.74) is -6.65. The molecular formula is C19H14ClF7N2O. The molecule has 3 nitrogen and oxygen atoms in total. The molecule has 3 rings (SSSR count). The smallest absolute Gasteiger partial charge is 0.296 e. The van der Waals surface area contributed by atoms with Gasteiger partial charge in [0.05, 0.1) is 0 Å². The summed E-state index contributed by atoms with van der Waals surface area (Å²) >= 11 is 6.17. The van der Waals surface area contributed by atoms with Crippen molar-refractivity contribution in [2.75, 3.05) is 11.9 Å². The summed E-state index contributed by atoms with van der Waals surface area (Å²) in [6.07, 6.45) is -13.3. The van der Waals surface area contributed by atoms with Gasteiger partial charge in [0.25, 0.3) is 5.91 Å². The van der Waals surface area contributed by atoms with Gasteiger partial charge in [-0.15, -0.1) is 0 Å². The van der Waals surface area contributed by atoms with Crippen LogP contribution in [0.5, 0.6) is 0 Å². The third-order valence-corrected chi connectivity index (χ3v) is 5.27. The Morgan fingerprint density at radius 1 is 1.00 bits per heavy atom. The topological polar surface area (TPSA) is 32.3 Å². The number of rotatable bonds is 3. The minimum absolute atomic E-state index is 0.0158. The highest BCUT2D eigenvalue weighted by molar-refractivity contribution is 6.32. The molecule has 1 aliphatic heterocycles. The van der Waals surface area contributed by atoms with Crippen LogP contribution in [0.25, 0.3) is 0 Å². The van der Waals surface area contributed by atoms with Crippen LogP contribution in [0.15, 0.2) is 36.4 Å². The van der Waals surface area contributed by atoms with E-state index in [0.29, 0.717) is 17.7 Å². The number of benzene rings is 2. The van der Waals surface area contributed by atoms with Gasteiger partial charge in [0.1, 0.15) is 6.17 Å². The predicted molar refractivity (Wildman–Crippen MR) is 96.1 cm³/mol. The molecule has 1 amide bonds. The molecule has 1 N–H and O–H groups in total. The summed E-state index contributed by atoms with van der Waals surface area (Å²) < 4.78 is 92.6. The van der Waals surface area contributed by atoms with Gasteiger partial charge in [-0.1, -0.05) is 29.8 Å². The first-order chi connectivity index (χ1) is 13.8. The number of hydrogen-bond acceptors (Lipinski definition) is 2. The average molecular weight is 455 g/mol. The minimum Gasteiger partial charge on any atom is -0.296 e. The minimum atomic E-state index is -6.22. The van der Waals surface area contributed by atoms with Gasteiger partial charge >= 0.3 is 18.0 Å². The van der Waals surface area contributed by atoms with Crippen molar-refractivity contribution in [2.45, 2.75) is 31.1 Å². The highest BCUT2D eigenvalue weighted by Gasteiger charge is 2.73. The van der Waals surface area contributed by atoms with Crippen molar-refractivity contribution in [3.8, 4) is 0 Å². The third kappa shape index (κ3) is 3.13. The Balaban J connectivity index is 2.13. The van der Waals surface area contributed by atoms with E-state index in [0.717, 1.165) is 11.0 Å². The number of carbonyl (C=O) groups excluding carboxylic acids is 1. The molecule has 2 aromatic carbocycles. The van der Waals surface area contributed by atoms with Gasteiger partial charge < -0.3 is 0 Å². The van der Waals surface area contributed by atoms with Gasteiger partial charge in [-0.2, -0.15) is 26.3 Å². The fraction of sp³-hybridized carbons (Fsp3) is 0.316. The first-order valence-corrected chi connectivity index (χ1v) is 8.86. The molecule has 0 saturated heterocycles. The standard InChI is InChI=1S/C19H14ClF7N2O/c1-9-8-10(17(21,18(22,23)24)19(25,26)27)6-7-13(9)29-15(28-2)14-11(16(29)30)4-3-5-12(14)20/h3-8,15,28H,1-2H3. The Bertz CT molecular complexity index is 989. The largest absolute Gasteiger partial charge is 0.435 e. The summed E-state index contributed by atoms with van der Waals surface area (Å²) in [4.78, 5) is 14.0. The van der Waals surface area contributed by atoms with Crippen LogP contribution in [0, 0.1) is 6.92 Å². The molecule has 1 unspecified atom stereocenters. The number of hydrogen-bond donors (Lipinski definition) is 1. The molecule has 0 fully saturated rings. The van der Waals surface area contributed by atoms with Crippen molar-refractivity contribution < 1.29 is 35.5 Å². The second kappa shape index (κ2) is 7.12. The Morgan fingerprint density at radius 3 is 2.10 bits per heavy atom. The molecule has 11 heteroatoms. The van der Waals surface area contributed by atoms with Gasteiger partial charge in [-0.05, 0) is 37.7 Å². The van der Waals surface area contributed by atoms with Crippen molar-refractivity contribution in [3.63, 3.8) is 0 Å². The summed E-state index contributed by atoms with van der Waals surface area (Å²) in [7, 11) is 1.51. The van der Waals surface area contributed by atoms with E-state index in [4.69, 9.17) is 11.6 Å². The normalized spacial score (nSPS) is 17.5. The van der Waals surface area contributed by atoms with Crippen molar-refractivity contribution in [2.24, 2.45) is 0 Å². The predicted octanol–water partition coefficient (Wildman–Crippen LogP) is 5.82. The molecule has 0 spiro atoms. The van der Waals surface area contributed by atoms with Crippen LogP contribution in [-0.4, -0.2) is 25.3 Å². The van der Waals surface area contributed by atoms with Crippen molar-refractivity contribution >= 4 is 23.2 Å². The van der Waals surface area contributed by atoms with Crippen LogP contribution in [-0.2, 0) is 5.67 Å². The Morgan fingerprint density at radius 2 is 1.60 bits per heavy atom. The Kier molecular flexibility index (Phi) is 5.31. The highest BCUT2D eigenvalue weighted by atomic mass is 35.5. The molecule has 0 aromatic heterocycles. The van der Waals surface area contributed by atoms with E-state index < -0.39 is 35.7 Å². The summed E-state index contributed by atoms with van der Waals surface area (Å²) in [6, 6.07) is 6.27. The maximum Gasteiger partial charge on any atom is 0.435 e. The summed E-state index contributed by atoms with van der Waals surface area (Å²) in [5, 5.41) is 3.11. The number of alkyl halides is 7. The summed E-state index contributed by atoms with van der Waals surface area (Å²) in [5.74, 6) is -0.555. The molecule has 1 atom stereocenters. The maximum absolute atomic E-state index is 14.4. The first-order valence-electron chi connectivity index (χ1n) is 8.48. The van der Waals surface area contributed by atoms with Crippen LogP contribution in [0.2, 0.25) is 5.02 Å². The van der Waals surface area contributed by atoms with Crippen molar-refractivity contribution in [1.29, 1.82) is 0 Å². The quantitative estimate of drug-likeness (QED) is 0.593. The fourth-order valence-corrected chi connectivity index (χ4v) is 3.81. The number of carbonyl (C=O) groups is 1. The molecule has 162 valence electrons. The Hall–Kier alpha value is -2.33. The maximum atomic E-state index is 14.4. The molecule has 0 aliphatic carbocycles.